The molecule has 1 atom stereocenters. The van der Waals surface area contributed by atoms with Crippen LogP contribution in [-0.2, 0) is 11.3 Å². The lowest BCUT2D eigenvalue weighted by molar-refractivity contribution is -0.0124. The third-order valence-corrected chi connectivity index (χ3v) is 4.48. The highest BCUT2D eigenvalue weighted by molar-refractivity contribution is 5.94. The number of fused-ring (bicyclic) bond motifs is 1. The predicted octanol–water partition coefficient (Wildman–Crippen LogP) is 2.34. The number of rotatable bonds is 3. The maximum absolute atomic E-state index is 12.6. The van der Waals surface area contributed by atoms with Crippen molar-refractivity contribution in [3.63, 3.8) is 0 Å². The smallest absolute Gasteiger partial charge is 0.254 e. The molecule has 2 aromatic carbocycles. The normalized spacial score (nSPS) is 17.8. The molecule has 0 aliphatic carbocycles. The van der Waals surface area contributed by atoms with E-state index >= 15 is 0 Å². The van der Waals surface area contributed by atoms with E-state index in [1.165, 1.54) is 0 Å². The van der Waals surface area contributed by atoms with E-state index in [1.807, 2.05) is 65.0 Å². The molecule has 1 fully saturated rings. The van der Waals surface area contributed by atoms with Crippen LogP contribution in [-0.4, -0.2) is 51.6 Å². The minimum atomic E-state index is 0.0629. The topological polar surface area (TPSA) is 60.2 Å². The van der Waals surface area contributed by atoms with E-state index in [9.17, 15) is 4.79 Å². The number of aromatic nitrogens is 3. The molecule has 1 amide bonds. The van der Waals surface area contributed by atoms with Crippen LogP contribution in [0.4, 0.5) is 0 Å². The molecule has 1 aromatic heterocycles. The summed E-state index contributed by atoms with van der Waals surface area (Å²) in [5.41, 5.74) is 3.68. The van der Waals surface area contributed by atoms with Gasteiger partial charge >= 0.3 is 0 Å². The first-order valence-electron chi connectivity index (χ1n) is 8.49. The number of hydrogen-bond acceptors (Lipinski definition) is 4. The largest absolute Gasteiger partial charge is 0.375 e. The van der Waals surface area contributed by atoms with Crippen LogP contribution in [0.3, 0.4) is 0 Å². The summed E-state index contributed by atoms with van der Waals surface area (Å²) >= 11 is 0. The van der Waals surface area contributed by atoms with Crippen LogP contribution in [0.1, 0.15) is 22.8 Å². The minimum absolute atomic E-state index is 0.0629. The van der Waals surface area contributed by atoms with Gasteiger partial charge in [-0.3, -0.25) is 4.79 Å². The van der Waals surface area contributed by atoms with Gasteiger partial charge in [-0.05, 0) is 36.8 Å². The molecule has 0 bridgehead atoms. The van der Waals surface area contributed by atoms with Gasteiger partial charge in [-0.15, -0.1) is 5.10 Å². The molecule has 2 heterocycles. The van der Waals surface area contributed by atoms with Gasteiger partial charge in [0.25, 0.3) is 5.91 Å². The Balaban J connectivity index is 1.49. The first kappa shape index (κ1) is 15.8. The maximum atomic E-state index is 12.6. The van der Waals surface area contributed by atoms with Crippen LogP contribution in [0, 0.1) is 0 Å². The van der Waals surface area contributed by atoms with Crippen molar-refractivity contribution in [2.75, 3.05) is 19.7 Å². The van der Waals surface area contributed by atoms with E-state index in [0.717, 1.165) is 16.6 Å². The number of morpholine rings is 1. The van der Waals surface area contributed by atoms with Gasteiger partial charge in [0.05, 0.1) is 24.8 Å². The second-order valence-electron chi connectivity index (χ2n) is 6.37. The summed E-state index contributed by atoms with van der Waals surface area (Å²) in [6, 6.07) is 15.6. The first-order valence-corrected chi connectivity index (χ1v) is 8.49. The Kier molecular flexibility index (Phi) is 4.19. The Morgan fingerprint density at radius 2 is 2.00 bits per heavy atom. The molecule has 128 valence electrons. The van der Waals surface area contributed by atoms with Gasteiger partial charge in [0.1, 0.15) is 5.52 Å². The summed E-state index contributed by atoms with van der Waals surface area (Å²) in [5, 5.41) is 8.38. The van der Waals surface area contributed by atoms with Gasteiger partial charge < -0.3 is 9.64 Å². The molecule has 1 unspecified atom stereocenters. The second-order valence-corrected chi connectivity index (χ2v) is 6.37. The number of hydrogen-bond donors (Lipinski definition) is 0. The fraction of sp³-hybridized carbons (Fsp3) is 0.316. The fourth-order valence-corrected chi connectivity index (χ4v) is 3.15. The molecule has 1 aliphatic heterocycles. The van der Waals surface area contributed by atoms with Crippen molar-refractivity contribution < 1.29 is 9.53 Å². The number of benzene rings is 2. The Labute approximate surface area is 146 Å². The third kappa shape index (κ3) is 3.25. The average molecular weight is 336 g/mol. The number of nitrogens with zero attached hydrogens (tertiary/aromatic N) is 4. The summed E-state index contributed by atoms with van der Waals surface area (Å²) in [6.45, 7) is 4.51. The number of amides is 1. The van der Waals surface area contributed by atoms with Crippen LogP contribution < -0.4 is 0 Å². The molecule has 3 aromatic rings. The molecule has 1 saturated heterocycles. The van der Waals surface area contributed by atoms with E-state index in [1.54, 1.807) is 0 Å². The standard InChI is InChI=1S/C19H20N4O2/c1-14-12-22(10-11-25-14)19(24)16-8-6-15(7-9-16)13-23-18-5-3-2-4-17(18)20-21-23/h2-9,14H,10-13H2,1H3. The molecule has 0 radical (unpaired) electrons. The zero-order valence-corrected chi connectivity index (χ0v) is 14.1. The van der Waals surface area contributed by atoms with Gasteiger partial charge in [0.15, 0.2) is 0 Å². The molecule has 25 heavy (non-hydrogen) atoms. The zero-order chi connectivity index (χ0) is 17.2. The first-order chi connectivity index (χ1) is 12.2. The summed E-state index contributed by atoms with van der Waals surface area (Å²) in [5.74, 6) is 0.0629. The third-order valence-electron chi connectivity index (χ3n) is 4.48. The molecule has 4 rings (SSSR count). The van der Waals surface area contributed by atoms with E-state index in [4.69, 9.17) is 4.74 Å². The minimum Gasteiger partial charge on any atom is -0.375 e. The quantitative estimate of drug-likeness (QED) is 0.737. The molecular weight excluding hydrogens is 316 g/mol. The van der Waals surface area contributed by atoms with Crippen molar-refractivity contribution in [1.29, 1.82) is 0 Å². The van der Waals surface area contributed by atoms with E-state index in [-0.39, 0.29) is 12.0 Å². The highest BCUT2D eigenvalue weighted by Gasteiger charge is 2.22. The highest BCUT2D eigenvalue weighted by Crippen LogP contribution is 2.15. The summed E-state index contributed by atoms with van der Waals surface area (Å²) in [6.07, 6.45) is 0.0950. The SMILES string of the molecule is CC1CN(C(=O)c2ccc(Cn3nnc4ccccc43)cc2)CCO1. The van der Waals surface area contributed by atoms with E-state index in [0.29, 0.717) is 31.8 Å². The van der Waals surface area contributed by atoms with Crippen molar-refractivity contribution in [3.05, 3.63) is 59.7 Å². The number of para-hydroxylation sites is 1. The van der Waals surface area contributed by atoms with Crippen molar-refractivity contribution >= 4 is 16.9 Å². The average Bonchev–Trinajstić information content (AvgIpc) is 3.05. The zero-order valence-electron chi connectivity index (χ0n) is 14.1. The maximum Gasteiger partial charge on any atom is 0.254 e. The van der Waals surface area contributed by atoms with Crippen LogP contribution in [0.5, 0.6) is 0 Å². The Morgan fingerprint density at radius 3 is 2.80 bits per heavy atom. The molecule has 0 saturated carbocycles. The van der Waals surface area contributed by atoms with Crippen LogP contribution in [0.15, 0.2) is 48.5 Å². The molecule has 6 nitrogen and oxygen atoms in total. The van der Waals surface area contributed by atoms with Crippen LogP contribution in [0.25, 0.3) is 11.0 Å². The monoisotopic (exact) mass is 336 g/mol. The van der Waals surface area contributed by atoms with Crippen molar-refractivity contribution in [1.82, 2.24) is 19.9 Å². The number of carbonyl (C=O) groups excluding carboxylic acids is 1. The van der Waals surface area contributed by atoms with Gasteiger partial charge in [-0.1, -0.05) is 29.5 Å². The molecule has 6 heteroatoms. The lowest BCUT2D eigenvalue weighted by atomic mass is 10.1. The van der Waals surface area contributed by atoms with Gasteiger partial charge in [0, 0.05) is 18.7 Å². The van der Waals surface area contributed by atoms with E-state index in [2.05, 4.69) is 10.3 Å². The Hall–Kier alpha value is -2.73. The summed E-state index contributed by atoms with van der Waals surface area (Å²) in [7, 11) is 0. The van der Waals surface area contributed by atoms with Crippen molar-refractivity contribution in [3.8, 4) is 0 Å². The lowest BCUT2D eigenvalue weighted by Crippen LogP contribution is -2.44. The van der Waals surface area contributed by atoms with Crippen molar-refractivity contribution in [2.45, 2.75) is 19.6 Å². The molecule has 0 N–H and O–H groups in total. The van der Waals surface area contributed by atoms with Gasteiger partial charge in [-0.25, -0.2) is 4.68 Å². The highest BCUT2D eigenvalue weighted by atomic mass is 16.5. The Bertz CT molecular complexity index is 888. The van der Waals surface area contributed by atoms with Crippen LogP contribution in [0.2, 0.25) is 0 Å². The number of carbonyl (C=O) groups is 1. The van der Waals surface area contributed by atoms with Crippen molar-refractivity contribution in [2.24, 2.45) is 0 Å². The van der Waals surface area contributed by atoms with E-state index < -0.39 is 0 Å². The van der Waals surface area contributed by atoms with Gasteiger partial charge in [-0.2, -0.15) is 0 Å². The molecular formula is C19H20N4O2. The van der Waals surface area contributed by atoms with Gasteiger partial charge in [0.2, 0.25) is 0 Å². The lowest BCUT2D eigenvalue weighted by Gasteiger charge is -2.31. The summed E-state index contributed by atoms with van der Waals surface area (Å²) in [4.78, 5) is 14.4. The molecule has 1 aliphatic rings. The molecule has 0 spiro atoms. The fourth-order valence-electron chi connectivity index (χ4n) is 3.15. The second kappa shape index (κ2) is 6.64. The Morgan fingerprint density at radius 1 is 1.20 bits per heavy atom. The summed E-state index contributed by atoms with van der Waals surface area (Å²) < 4.78 is 7.37. The van der Waals surface area contributed by atoms with Crippen LogP contribution >= 0.6 is 0 Å². The number of ether oxygens (including phenoxy) is 1. The predicted molar refractivity (Wildman–Crippen MR) is 94.4 cm³/mol.